The van der Waals surface area contributed by atoms with Crippen LogP contribution < -0.4 is 4.74 Å². The van der Waals surface area contributed by atoms with Crippen molar-refractivity contribution in [2.24, 2.45) is 0 Å². The summed E-state index contributed by atoms with van der Waals surface area (Å²) in [5, 5.41) is 2.35. The number of hydrogen-bond acceptors (Lipinski definition) is 8. The lowest BCUT2D eigenvalue weighted by Crippen LogP contribution is -2.45. The normalized spacial score (nSPS) is 23.7. The van der Waals surface area contributed by atoms with Crippen LogP contribution in [0.25, 0.3) is 0 Å². The number of carbonyl (C=O) groups is 1. The first-order valence-corrected chi connectivity index (χ1v) is 16.0. The number of ether oxygens (including phenoxy) is 5. The highest BCUT2D eigenvalue weighted by Crippen LogP contribution is 2.31. The summed E-state index contributed by atoms with van der Waals surface area (Å²) in [6.45, 7) is 3.58. The molecule has 3 aliphatic heterocycles. The van der Waals surface area contributed by atoms with Crippen LogP contribution in [0.3, 0.4) is 0 Å². The molecule has 0 radical (unpaired) electrons. The summed E-state index contributed by atoms with van der Waals surface area (Å²) >= 11 is 12.4. The second-order valence-electron chi connectivity index (χ2n) is 11.3. The fraction of sp³-hybridized carbons (Fsp3) is 0.594. The summed E-state index contributed by atoms with van der Waals surface area (Å²) in [5.41, 5.74) is 1.63. The summed E-state index contributed by atoms with van der Waals surface area (Å²) in [4.78, 5) is 22.9. The maximum absolute atomic E-state index is 14.1. The lowest BCUT2D eigenvalue weighted by molar-refractivity contribution is -0.293. The number of halogens is 2. The zero-order chi connectivity index (χ0) is 30.0. The van der Waals surface area contributed by atoms with Crippen molar-refractivity contribution in [2.45, 2.75) is 76.1 Å². The number of nitrogens with zero attached hydrogens (tertiary/aromatic N) is 2. The van der Waals surface area contributed by atoms with E-state index >= 15 is 0 Å². The van der Waals surface area contributed by atoms with E-state index in [0.717, 1.165) is 69.3 Å². The standard InChI is InChI=1S/C32H42Cl2N2O7/c1-38-22-41-25-8-6-7-24(19-25)29(21-35-14-13-26(20-35)42-31-9-2-4-15-39-31)36(43-32-10-3-5-16-40-32)30(37)18-23-11-12-27(33)28(34)17-23/h6-8,11-12,17,19,26,29,31-32H,2-5,9-10,13-16,18,20-22H2,1H3/t26-,29+,31?,32?/m0/s1. The predicted molar refractivity (Wildman–Crippen MR) is 163 cm³/mol. The molecule has 0 bridgehead atoms. The molecule has 3 saturated heterocycles. The molecule has 11 heteroatoms. The number of carbonyl (C=O) groups excluding carboxylic acids is 1. The van der Waals surface area contributed by atoms with E-state index < -0.39 is 12.3 Å². The Balaban J connectivity index is 1.39. The lowest BCUT2D eigenvalue weighted by atomic mass is 10.0. The van der Waals surface area contributed by atoms with Gasteiger partial charge in [-0.05, 0) is 73.9 Å². The summed E-state index contributed by atoms with van der Waals surface area (Å²) < 4.78 is 29.0. The molecule has 9 nitrogen and oxygen atoms in total. The molecular formula is C32H42Cl2N2O7. The Bertz CT molecular complexity index is 1180. The van der Waals surface area contributed by atoms with Crippen molar-refractivity contribution in [3.63, 3.8) is 0 Å². The Labute approximate surface area is 264 Å². The van der Waals surface area contributed by atoms with E-state index in [1.54, 1.807) is 19.2 Å². The Morgan fingerprint density at radius 2 is 1.79 bits per heavy atom. The van der Waals surface area contributed by atoms with E-state index in [1.165, 1.54) is 5.06 Å². The number of hydrogen-bond donors (Lipinski definition) is 0. The van der Waals surface area contributed by atoms with E-state index in [1.807, 2.05) is 30.3 Å². The van der Waals surface area contributed by atoms with Crippen molar-refractivity contribution in [2.75, 3.05) is 46.8 Å². The first kappa shape index (κ1) is 32.4. The molecule has 2 aromatic rings. The zero-order valence-corrected chi connectivity index (χ0v) is 26.3. The molecule has 4 atom stereocenters. The topological polar surface area (TPSA) is 78.9 Å². The molecule has 5 rings (SSSR count). The van der Waals surface area contributed by atoms with Crippen LogP contribution in [0.15, 0.2) is 42.5 Å². The van der Waals surface area contributed by atoms with Gasteiger partial charge < -0.3 is 23.7 Å². The first-order valence-electron chi connectivity index (χ1n) is 15.2. The molecule has 3 heterocycles. The molecule has 2 aromatic carbocycles. The second kappa shape index (κ2) is 16.4. The number of benzene rings is 2. The van der Waals surface area contributed by atoms with Gasteiger partial charge in [-0.1, -0.05) is 41.4 Å². The Morgan fingerprint density at radius 1 is 1.00 bits per heavy atom. The van der Waals surface area contributed by atoms with Crippen molar-refractivity contribution in [3.8, 4) is 5.75 Å². The second-order valence-corrected chi connectivity index (χ2v) is 12.1. The molecule has 0 spiro atoms. The third-order valence-electron chi connectivity index (χ3n) is 7.97. The number of hydroxylamine groups is 2. The van der Waals surface area contributed by atoms with E-state index in [4.69, 9.17) is 51.7 Å². The Morgan fingerprint density at radius 3 is 2.51 bits per heavy atom. The number of methoxy groups -OCH3 is 1. The SMILES string of the molecule is COCOc1cccc([C@@H](CN2CC[C@H](OC3CCCCO3)C2)N(OC2CCCCO2)C(=O)Cc2ccc(Cl)c(Cl)c2)c1. The van der Waals surface area contributed by atoms with Crippen molar-refractivity contribution >= 4 is 29.1 Å². The van der Waals surface area contributed by atoms with Crippen molar-refractivity contribution in [3.05, 3.63) is 63.6 Å². The van der Waals surface area contributed by atoms with Crippen molar-refractivity contribution in [1.82, 2.24) is 9.96 Å². The average Bonchev–Trinajstić information content (AvgIpc) is 3.47. The molecule has 2 unspecified atom stereocenters. The monoisotopic (exact) mass is 636 g/mol. The predicted octanol–water partition coefficient (Wildman–Crippen LogP) is 6.16. The van der Waals surface area contributed by atoms with Crippen LogP contribution in [-0.2, 0) is 35.0 Å². The van der Waals surface area contributed by atoms with Crippen LogP contribution in [0.4, 0.5) is 0 Å². The summed E-state index contributed by atoms with van der Waals surface area (Å²) in [5.74, 6) is 0.440. The quantitative estimate of drug-likeness (QED) is 0.191. The molecule has 236 valence electrons. The minimum atomic E-state index is -0.514. The van der Waals surface area contributed by atoms with Crippen LogP contribution in [0.1, 0.15) is 62.1 Å². The van der Waals surface area contributed by atoms with Crippen LogP contribution in [0, 0.1) is 0 Å². The number of amides is 1. The van der Waals surface area contributed by atoms with Gasteiger partial charge in [0.05, 0.1) is 28.6 Å². The van der Waals surface area contributed by atoms with Crippen LogP contribution >= 0.6 is 23.2 Å². The molecule has 43 heavy (non-hydrogen) atoms. The molecule has 0 aliphatic carbocycles. The van der Waals surface area contributed by atoms with Gasteiger partial charge in [-0.25, -0.2) is 9.90 Å². The summed E-state index contributed by atoms with van der Waals surface area (Å²) in [6, 6.07) is 12.5. The minimum absolute atomic E-state index is 0.0723. The third kappa shape index (κ3) is 9.52. The highest BCUT2D eigenvalue weighted by Gasteiger charge is 2.35. The molecular weight excluding hydrogens is 595 g/mol. The van der Waals surface area contributed by atoms with Crippen LogP contribution in [0.2, 0.25) is 10.0 Å². The fourth-order valence-corrected chi connectivity index (χ4v) is 6.06. The van der Waals surface area contributed by atoms with Crippen molar-refractivity contribution in [1.29, 1.82) is 0 Å². The molecule has 1 amide bonds. The first-order chi connectivity index (χ1) is 21.0. The molecule has 3 fully saturated rings. The Kier molecular flexibility index (Phi) is 12.4. The molecule has 3 aliphatic rings. The Hall–Kier alpha value is -1.95. The zero-order valence-electron chi connectivity index (χ0n) is 24.8. The average molecular weight is 638 g/mol. The van der Waals surface area contributed by atoms with E-state index in [0.29, 0.717) is 35.4 Å². The molecule has 0 saturated carbocycles. The van der Waals surface area contributed by atoms with Crippen LogP contribution in [-0.4, -0.2) is 81.3 Å². The molecule has 0 aromatic heterocycles. The van der Waals surface area contributed by atoms with E-state index in [2.05, 4.69) is 4.90 Å². The summed E-state index contributed by atoms with van der Waals surface area (Å²) in [6.07, 6.45) is 6.20. The summed E-state index contributed by atoms with van der Waals surface area (Å²) in [7, 11) is 1.58. The maximum atomic E-state index is 14.1. The maximum Gasteiger partial charge on any atom is 0.251 e. The van der Waals surface area contributed by atoms with E-state index in [-0.39, 0.29) is 31.5 Å². The van der Waals surface area contributed by atoms with Gasteiger partial charge in [0.1, 0.15) is 5.75 Å². The van der Waals surface area contributed by atoms with Gasteiger partial charge in [0, 0.05) is 46.4 Å². The smallest absolute Gasteiger partial charge is 0.251 e. The van der Waals surface area contributed by atoms with E-state index in [9.17, 15) is 4.79 Å². The largest absolute Gasteiger partial charge is 0.468 e. The number of rotatable bonds is 13. The van der Waals surface area contributed by atoms with Gasteiger partial charge in [-0.15, -0.1) is 0 Å². The van der Waals surface area contributed by atoms with Crippen molar-refractivity contribution < 1.29 is 33.3 Å². The van der Waals surface area contributed by atoms with Crippen LogP contribution in [0.5, 0.6) is 5.75 Å². The van der Waals surface area contributed by atoms with Gasteiger partial charge in [-0.2, -0.15) is 0 Å². The van der Waals surface area contributed by atoms with Gasteiger partial charge in [-0.3, -0.25) is 9.69 Å². The molecule has 0 N–H and O–H groups in total. The highest BCUT2D eigenvalue weighted by molar-refractivity contribution is 6.42. The van der Waals surface area contributed by atoms with Gasteiger partial charge in [0.2, 0.25) is 0 Å². The van der Waals surface area contributed by atoms with Gasteiger partial charge >= 0.3 is 0 Å². The number of likely N-dealkylation sites (tertiary alicyclic amines) is 1. The fourth-order valence-electron chi connectivity index (χ4n) is 5.73. The van der Waals surface area contributed by atoms with Gasteiger partial charge in [0.25, 0.3) is 5.91 Å². The highest BCUT2D eigenvalue weighted by atomic mass is 35.5. The lowest BCUT2D eigenvalue weighted by Gasteiger charge is -2.37. The van der Waals surface area contributed by atoms with Gasteiger partial charge in [0.15, 0.2) is 19.4 Å². The minimum Gasteiger partial charge on any atom is -0.468 e. The third-order valence-corrected chi connectivity index (χ3v) is 8.71.